The van der Waals surface area contributed by atoms with Gasteiger partial charge in [-0.1, -0.05) is 30.7 Å². The third-order valence-corrected chi connectivity index (χ3v) is 6.01. The fourth-order valence-electron chi connectivity index (χ4n) is 4.51. The Labute approximate surface area is 177 Å². The lowest BCUT2D eigenvalue weighted by atomic mass is 9.95. The molecule has 1 unspecified atom stereocenters. The van der Waals surface area contributed by atoms with Crippen LogP contribution in [0.4, 0.5) is 5.69 Å². The number of rotatable bonds is 4. The molecule has 0 N–H and O–H groups in total. The molecule has 5 heteroatoms. The molecular weight excluding hydrogens is 376 g/mol. The number of amides is 2. The first-order valence-corrected chi connectivity index (χ1v) is 10.5. The number of ether oxygens (including phenoxy) is 1. The second-order valence-corrected chi connectivity index (χ2v) is 8.38. The van der Waals surface area contributed by atoms with E-state index in [1.165, 1.54) is 4.90 Å². The smallest absolute Gasteiger partial charge is 0.282 e. The molecule has 0 saturated carbocycles. The normalized spacial score (nSPS) is 19.7. The van der Waals surface area contributed by atoms with Crippen LogP contribution in [0.2, 0.25) is 0 Å². The number of aryl methyl sites for hydroxylation is 2. The molecule has 2 aromatic rings. The van der Waals surface area contributed by atoms with Crippen LogP contribution >= 0.6 is 0 Å². The van der Waals surface area contributed by atoms with E-state index in [-0.39, 0.29) is 11.8 Å². The van der Waals surface area contributed by atoms with Gasteiger partial charge in [-0.15, -0.1) is 0 Å². The van der Waals surface area contributed by atoms with Crippen LogP contribution in [0.1, 0.15) is 36.5 Å². The van der Waals surface area contributed by atoms with E-state index in [2.05, 4.69) is 17.9 Å². The van der Waals surface area contributed by atoms with Gasteiger partial charge in [0.1, 0.15) is 11.4 Å². The first kappa shape index (κ1) is 20.2. The highest BCUT2D eigenvalue weighted by molar-refractivity contribution is 6.45. The number of nitrogens with zero attached hydrogens (tertiary/aromatic N) is 2. The van der Waals surface area contributed by atoms with Crippen LogP contribution < -0.4 is 9.64 Å². The minimum atomic E-state index is -0.259. The summed E-state index contributed by atoms with van der Waals surface area (Å²) in [6.07, 6.45) is 2.17. The molecule has 2 aromatic carbocycles. The minimum Gasteiger partial charge on any atom is -0.497 e. The molecule has 5 nitrogen and oxygen atoms in total. The second-order valence-electron chi connectivity index (χ2n) is 8.38. The van der Waals surface area contributed by atoms with Crippen molar-refractivity contribution in [1.82, 2.24) is 4.90 Å². The summed E-state index contributed by atoms with van der Waals surface area (Å²) in [5.41, 5.74) is 4.59. The van der Waals surface area contributed by atoms with E-state index in [1.807, 2.05) is 26.0 Å². The number of methoxy groups -OCH3 is 1. The molecule has 2 heterocycles. The van der Waals surface area contributed by atoms with Gasteiger partial charge in [-0.3, -0.25) is 9.59 Å². The van der Waals surface area contributed by atoms with Gasteiger partial charge < -0.3 is 9.64 Å². The van der Waals surface area contributed by atoms with Crippen molar-refractivity contribution in [2.24, 2.45) is 5.92 Å². The lowest BCUT2D eigenvalue weighted by molar-refractivity contribution is -0.120. The number of anilines is 1. The maximum Gasteiger partial charge on any atom is 0.282 e. The van der Waals surface area contributed by atoms with Gasteiger partial charge in [0.25, 0.3) is 11.8 Å². The summed E-state index contributed by atoms with van der Waals surface area (Å²) in [7, 11) is 1.59. The highest BCUT2D eigenvalue weighted by Crippen LogP contribution is 2.38. The third kappa shape index (κ3) is 3.49. The number of likely N-dealkylation sites (tertiary alicyclic amines) is 1. The van der Waals surface area contributed by atoms with E-state index in [1.54, 1.807) is 31.4 Å². The Hall–Kier alpha value is -3.08. The van der Waals surface area contributed by atoms with Gasteiger partial charge in [-0.2, -0.15) is 0 Å². The van der Waals surface area contributed by atoms with Gasteiger partial charge in [-0.05, 0) is 68.0 Å². The average molecular weight is 405 g/mol. The summed E-state index contributed by atoms with van der Waals surface area (Å²) in [4.78, 5) is 30.7. The number of benzene rings is 2. The molecule has 2 aliphatic rings. The average Bonchev–Trinajstić information content (AvgIpc) is 2.98. The number of piperidine rings is 1. The van der Waals surface area contributed by atoms with Crippen molar-refractivity contribution in [2.45, 2.75) is 33.6 Å². The zero-order valence-electron chi connectivity index (χ0n) is 18.1. The summed E-state index contributed by atoms with van der Waals surface area (Å²) < 4.78 is 5.22. The Bertz CT molecular complexity index is 1020. The highest BCUT2D eigenvalue weighted by atomic mass is 16.5. The molecule has 30 heavy (non-hydrogen) atoms. The van der Waals surface area contributed by atoms with Crippen molar-refractivity contribution < 1.29 is 14.3 Å². The zero-order chi connectivity index (χ0) is 21.4. The molecule has 1 atom stereocenters. The quantitative estimate of drug-likeness (QED) is 0.712. The predicted molar refractivity (Wildman–Crippen MR) is 118 cm³/mol. The number of carbonyl (C=O) groups is 2. The van der Waals surface area contributed by atoms with E-state index >= 15 is 0 Å². The molecule has 0 aromatic heterocycles. The summed E-state index contributed by atoms with van der Waals surface area (Å²) in [6, 6.07) is 13.1. The predicted octanol–water partition coefficient (Wildman–Crippen LogP) is 4.33. The molecule has 156 valence electrons. The summed E-state index contributed by atoms with van der Waals surface area (Å²) in [5, 5.41) is 0. The zero-order valence-corrected chi connectivity index (χ0v) is 18.1. The molecule has 0 spiro atoms. The lowest BCUT2D eigenvalue weighted by Gasteiger charge is -2.33. The van der Waals surface area contributed by atoms with Crippen molar-refractivity contribution in [1.29, 1.82) is 0 Å². The monoisotopic (exact) mass is 404 g/mol. The highest BCUT2D eigenvalue weighted by Gasteiger charge is 2.43. The fourth-order valence-corrected chi connectivity index (χ4v) is 4.51. The van der Waals surface area contributed by atoms with Crippen LogP contribution in [0.5, 0.6) is 5.75 Å². The Morgan fingerprint density at radius 3 is 2.37 bits per heavy atom. The van der Waals surface area contributed by atoms with Crippen LogP contribution in [0.15, 0.2) is 48.2 Å². The van der Waals surface area contributed by atoms with Crippen molar-refractivity contribution in [3.8, 4) is 5.75 Å². The van der Waals surface area contributed by atoms with Gasteiger partial charge >= 0.3 is 0 Å². The fraction of sp³-hybridized carbons (Fsp3) is 0.360. The number of imide groups is 1. The largest absolute Gasteiger partial charge is 0.497 e. The Kier molecular flexibility index (Phi) is 5.37. The van der Waals surface area contributed by atoms with Gasteiger partial charge in [0, 0.05) is 13.1 Å². The Morgan fingerprint density at radius 2 is 1.73 bits per heavy atom. The minimum absolute atomic E-state index is 0.241. The maximum absolute atomic E-state index is 13.6. The lowest BCUT2D eigenvalue weighted by Crippen LogP contribution is -2.39. The van der Waals surface area contributed by atoms with Crippen LogP contribution in [-0.2, 0) is 9.59 Å². The van der Waals surface area contributed by atoms with Crippen LogP contribution in [0.3, 0.4) is 0 Å². The SMILES string of the molecule is COc1ccc(N2C(=O)C(c3ccc(C)cc3C)=C(N3CCCC(C)C3)C2=O)cc1. The van der Waals surface area contributed by atoms with E-state index in [9.17, 15) is 9.59 Å². The van der Waals surface area contributed by atoms with Gasteiger partial charge in [0.15, 0.2) is 0 Å². The van der Waals surface area contributed by atoms with E-state index in [4.69, 9.17) is 4.74 Å². The van der Waals surface area contributed by atoms with Crippen molar-refractivity contribution >= 4 is 23.1 Å². The van der Waals surface area contributed by atoms with Crippen LogP contribution in [-0.4, -0.2) is 36.9 Å². The molecule has 0 aliphatic carbocycles. The Morgan fingerprint density at radius 1 is 1.00 bits per heavy atom. The molecule has 1 saturated heterocycles. The van der Waals surface area contributed by atoms with E-state index in [0.717, 1.165) is 42.6 Å². The van der Waals surface area contributed by atoms with Crippen LogP contribution in [0.25, 0.3) is 5.57 Å². The van der Waals surface area contributed by atoms with Crippen molar-refractivity contribution in [3.05, 3.63) is 64.9 Å². The van der Waals surface area contributed by atoms with Crippen molar-refractivity contribution in [2.75, 3.05) is 25.1 Å². The summed E-state index contributed by atoms with van der Waals surface area (Å²) in [6.45, 7) is 7.82. The number of hydrogen-bond donors (Lipinski definition) is 0. The van der Waals surface area contributed by atoms with Crippen molar-refractivity contribution in [3.63, 3.8) is 0 Å². The molecule has 2 amide bonds. The van der Waals surface area contributed by atoms with E-state index in [0.29, 0.717) is 28.6 Å². The first-order chi connectivity index (χ1) is 14.4. The molecule has 4 rings (SSSR count). The maximum atomic E-state index is 13.6. The van der Waals surface area contributed by atoms with Gasteiger partial charge in [-0.25, -0.2) is 4.90 Å². The molecule has 0 bridgehead atoms. The Balaban J connectivity index is 1.83. The summed E-state index contributed by atoms with van der Waals surface area (Å²) >= 11 is 0. The van der Waals surface area contributed by atoms with E-state index < -0.39 is 0 Å². The van der Waals surface area contributed by atoms with Crippen LogP contribution in [0, 0.1) is 19.8 Å². The number of carbonyl (C=O) groups excluding carboxylic acids is 2. The molecule has 2 aliphatic heterocycles. The van der Waals surface area contributed by atoms with Gasteiger partial charge in [0.2, 0.25) is 0 Å². The molecular formula is C25H28N2O3. The standard InChI is InChI=1S/C25H28N2O3/c1-16-7-12-21(18(3)14-16)22-23(26-13-5-6-17(2)15-26)25(29)27(24(22)28)19-8-10-20(30-4)11-9-19/h7-12,14,17H,5-6,13,15H2,1-4H3. The topological polar surface area (TPSA) is 49.9 Å². The summed E-state index contributed by atoms with van der Waals surface area (Å²) in [5.74, 6) is 0.676. The molecule has 0 radical (unpaired) electrons. The number of hydrogen-bond acceptors (Lipinski definition) is 4. The van der Waals surface area contributed by atoms with Gasteiger partial charge in [0.05, 0.1) is 18.4 Å². The third-order valence-electron chi connectivity index (χ3n) is 6.01. The first-order valence-electron chi connectivity index (χ1n) is 10.5. The molecule has 1 fully saturated rings. The second kappa shape index (κ2) is 7.98.